The summed E-state index contributed by atoms with van der Waals surface area (Å²) in [4.78, 5) is 21.6. The van der Waals surface area contributed by atoms with E-state index < -0.39 is 11.6 Å². The van der Waals surface area contributed by atoms with Gasteiger partial charge in [-0.15, -0.1) is 0 Å². The summed E-state index contributed by atoms with van der Waals surface area (Å²) in [6.07, 6.45) is 2.95. The van der Waals surface area contributed by atoms with Crippen LogP contribution >= 0.6 is 11.6 Å². The molecular formula is C29H28ClF2N5O2. The van der Waals surface area contributed by atoms with Gasteiger partial charge in [0.1, 0.15) is 22.5 Å². The molecule has 7 nitrogen and oxygen atoms in total. The van der Waals surface area contributed by atoms with Gasteiger partial charge in [0.25, 0.3) is 5.56 Å². The fourth-order valence-corrected chi connectivity index (χ4v) is 3.98. The largest absolute Gasteiger partial charge is 0.453 e. The maximum atomic E-state index is 14.9. The van der Waals surface area contributed by atoms with Gasteiger partial charge in [-0.2, -0.15) is 0 Å². The Morgan fingerprint density at radius 1 is 0.949 bits per heavy atom. The number of fused-ring (bicyclic) bond motifs is 1. The molecule has 0 aliphatic heterocycles. The van der Waals surface area contributed by atoms with E-state index in [4.69, 9.17) is 22.1 Å². The van der Waals surface area contributed by atoms with E-state index in [2.05, 4.69) is 15.3 Å². The summed E-state index contributed by atoms with van der Waals surface area (Å²) in [6, 6.07) is 14.8. The van der Waals surface area contributed by atoms with Crippen LogP contribution in [0.3, 0.4) is 0 Å². The minimum absolute atomic E-state index is 0. The van der Waals surface area contributed by atoms with Gasteiger partial charge in [-0.25, -0.2) is 18.7 Å². The zero-order valence-electron chi connectivity index (χ0n) is 20.8. The van der Waals surface area contributed by atoms with Crippen LogP contribution in [0, 0.1) is 18.6 Å². The predicted octanol–water partition coefficient (Wildman–Crippen LogP) is 7.80. The van der Waals surface area contributed by atoms with Crippen molar-refractivity contribution in [2.75, 3.05) is 11.1 Å². The van der Waals surface area contributed by atoms with Crippen LogP contribution in [-0.2, 0) is 0 Å². The normalized spacial score (nSPS) is 10.3. The molecule has 0 aliphatic rings. The highest BCUT2D eigenvalue weighted by atomic mass is 35.5. The van der Waals surface area contributed by atoms with Crippen LogP contribution < -0.4 is 21.3 Å². The molecule has 3 N–H and O–H groups in total. The number of ether oxygens (including phenoxy) is 1. The van der Waals surface area contributed by atoms with Gasteiger partial charge in [-0.05, 0) is 60.8 Å². The summed E-state index contributed by atoms with van der Waals surface area (Å²) >= 11 is 6.07. The Labute approximate surface area is 229 Å². The average Bonchev–Trinajstić information content (AvgIpc) is 2.90. The first-order chi connectivity index (χ1) is 18.3. The van der Waals surface area contributed by atoms with Crippen LogP contribution in [0.4, 0.5) is 26.1 Å². The molecule has 0 bridgehead atoms. The van der Waals surface area contributed by atoms with Crippen LogP contribution in [-0.4, -0.2) is 14.5 Å². The first-order valence-corrected chi connectivity index (χ1v) is 12.1. The minimum Gasteiger partial charge on any atom is -0.453 e. The predicted molar refractivity (Wildman–Crippen MR) is 154 cm³/mol. The third-order valence-electron chi connectivity index (χ3n) is 5.50. The van der Waals surface area contributed by atoms with Crippen molar-refractivity contribution < 1.29 is 13.5 Å². The van der Waals surface area contributed by atoms with Gasteiger partial charge in [-0.1, -0.05) is 32.9 Å². The Balaban J connectivity index is 0.00000137. The van der Waals surface area contributed by atoms with Gasteiger partial charge < -0.3 is 15.8 Å². The van der Waals surface area contributed by atoms with Crippen molar-refractivity contribution in [2.24, 2.45) is 0 Å². The molecular weight excluding hydrogens is 524 g/mol. The van der Waals surface area contributed by atoms with E-state index in [1.165, 1.54) is 53.2 Å². The molecule has 10 heteroatoms. The zero-order valence-corrected chi connectivity index (χ0v) is 21.6. The first kappa shape index (κ1) is 29.1. The van der Waals surface area contributed by atoms with Crippen molar-refractivity contribution in [1.82, 2.24) is 14.5 Å². The lowest BCUT2D eigenvalue weighted by atomic mass is 10.1. The fourth-order valence-electron chi connectivity index (χ4n) is 3.83. The molecule has 0 radical (unpaired) electrons. The molecule has 0 spiro atoms. The SMILES string of the molecule is C.CC.Cc1cc2ccnc(Nc3ccc(Oc4ccnc(N)c4Cl)c(F)c3)c2c(=O)n1-c1ccc(F)cc1. The molecule has 0 saturated heterocycles. The number of aryl methyl sites for hydroxylation is 1. The molecule has 2 aromatic carbocycles. The Kier molecular flexibility index (Phi) is 9.21. The second-order valence-electron chi connectivity index (χ2n) is 7.91. The monoisotopic (exact) mass is 551 g/mol. The summed E-state index contributed by atoms with van der Waals surface area (Å²) in [5.41, 5.74) is 6.84. The zero-order chi connectivity index (χ0) is 27.4. The number of aromatic nitrogens is 3. The van der Waals surface area contributed by atoms with Gasteiger partial charge >= 0.3 is 0 Å². The average molecular weight is 552 g/mol. The van der Waals surface area contributed by atoms with Gasteiger partial charge in [0.2, 0.25) is 0 Å². The second kappa shape index (κ2) is 12.4. The van der Waals surface area contributed by atoms with Crippen molar-refractivity contribution in [3.05, 3.63) is 106 Å². The number of nitrogens with one attached hydrogen (secondary N) is 1. The van der Waals surface area contributed by atoms with E-state index >= 15 is 0 Å². The maximum Gasteiger partial charge on any atom is 0.266 e. The molecule has 0 aliphatic carbocycles. The summed E-state index contributed by atoms with van der Waals surface area (Å²) in [5.74, 6) is -0.683. The van der Waals surface area contributed by atoms with Crippen molar-refractivity contribution in [2.45, 2.75) is 28.2 Å². The highest BCUT2D eigenvalue weighted by Gasteiger charge is 2.15. The lowest BCUT2D eigenvalue weighted by Gasteiger charge is -2.15. The molecule has 0 amide bonds. The molecule has 0 unspecified atom stereocenters. The molecule has 0 fully saturated rings. The molecule has 0 saturated carbocycles. The molecule has 202 valence electrons. The Morgan fingerprint density at radius 3 is 2.33 bits per heavy atom. The lowest BCUT2D eigenvalue weighted by molar-refractivity contribution is 0.442. The number of rotatable bonds is 5. The van der Waals surface area contributed by atoms with Crippen LogP contribution in [0.25, 0.3) is 16.5 Å². The number of hydrogen-bond acceptors (Lipinski definition) is 6. The van der Waals surface area contributed by atoms with E-state index in [0.29, 0.717) is 27.8 Å². The van der Waals surface area contributed by atoms with Crippen molar-refractivity contribution in [1.29, 1.82) is 0 Å². The van der Waals surface area contributed by atoms with E-state index in [1.54, 1.807) is 25.3 Å². The molecule has 3 heterocycles. The second-order valence-corrected chi connectivity index (χ2v) is 8.29. The van der Waals surface area contributed by atoms with Gasteiger partial charge in [0, 0.05) is 41.6 Å². The Morgan fingerprint density at radius 2 is 1.64 bits per heavy atom. The van der Waals surface area contributed by atoms with Gasteiger partial charge in [0.05, 0.1) is 5.39 Å². The lowest BCUT2D eigenvalue weighted by Crippen LogP contribution is -2.21. The summed E-state index contributed by atoms with van der Waals surface area (Å²) in [5, 5.41) is 4.04. The minimum atomic E-state index is -0.675. The summed E-state index contributed by atoms with van der Waals surface area (Å²) < 4.78 is 35.3. The number of anilines is 3. The van der Waals surface area contributed by atoms with Gasteiger partial charge in [0.15, 0.2) is 17.3 Å². The summed E-state index contributed by atoms with van der Waals surface area (Å²) in [6.45, 7) is 5.79. The Bertz CT molecular complexity index is 1670. The van der Waals surface area contributed by atoms with Crippen molar-refractivity contribution >= 4 is 39.7 Å². The molecule has 3 aromatic heterocycles. The number of nitrogens with zero attached hydrogens (tertiary/aromatic N) is 3. The standard InChI is InChI=1S/C26H18ClF2N5O2.C2H6.CH4/c1-14-12-15-8-10-32-25(22(15)26(35)34(14)18-5-2-16(28)3-6-18)33-17-4-7-20(19(29)13-17)36-21-9-11-31-24(30)23(21)27;1-2;/h2-13H,1H3,(H2,30,31)(H,32,33);1-2H3;1H4. The number of nitrogens with two attached hydrogens (primary N) is 1. The van der Waals surface area contributed by atoms with E-state index in [9.17, 15) is 13.6 Å². The Hall–Kier alpha value is -4.50. The third kappa shape index (κ3) is 5.99. The van der Waals surface area contributed by atoms with E-state index in [1.807, 2.05) is 19.9 Å². The number of benzene rings is 2. The quantitative estimate of drug-likeness (QED) is 0.231. The van der Waals surface area contributed by atoms with E-state index in [-0.39, 0.29) is 41.1 Å². The van der Waals surface area contributed by atoms with Crippen LogP contribution in [0.5, 0.6) is 11.5 Å². The third-order valence-corrected chi connectivity index (χ3v) is 5.88. The van der Waals surface area contributed by atoms with Crippen LogP contribution in [0.1, 0.15) is 27.0 Å². The smallest absolute Gasteiger partial charge is 0.266 e. The maximum absolute atomic E-state index is 14.9. The first-order valence-electron chi connectivity index (χ1n) is 11.7. The number of halogens is 3. The number of nitrogen functional groups attached to an aromatic ring is 1. The van der Waals surface area contributed by atoms with E-state index in [0.717, 1.165) is 0 Å². The number of hydrogen-bond donors (Lipinski definition) is 2. The molecule has 5 rings (SSSR count). The highest BCUT2D eigenvalue weighted by molar-refractivity contribution is 6.34. The highest BCUT2D eigenvalue weighted by Crippen LogP contribution is 2.34. The molecule has 0 atom stereocenters. The van der Waals surface area contributed by atoms with Crippen molar-refractivity contribution in [3.63, 3.8) is 0 Å². The summed E-state index contributed by atoms with van der Waals surface area (Å²) in [7, 11) is 0. The van der Waals surface area contributed by atoms with Crippen LogP contribution in [0.2, 0.25) is 5.02 Å². The molecule has 5 aromatic rings. The fraction of sp³-hybridized carbons (Fsp3) is 0.138. The van der Waals surface area contributed by atoms with Crippen LogP contribution in [0.15, 0.2) is 77.9 Å². The van der Waals surface area contributed by atoms with Gasteiger partial charge in [-0.3, -0.25) is 9.36 Å². The molecule has 39 heavy (non-hydrogen) atoms. The number of pyridine rings is 3. The van der Waals surface area contributed by atoms with Crippen molar-refractivity contribution in [3.8, 4) is 17.2 Å². The topological polar surface area (TPSA) is 95.1 Å².